The maximum absolute atomic E-state index is 12.6. The summed E-state index contributed by atoms with van der Waals surface area (Å²) >= 11 is 0. The zero-order valence-electron chi connectivity index (χ0n) is 18.8. The van der Waals surface area contributed by atoms with E-state index in [1.807, 2.05) is 49.5 Å². The first kappa shape index (κ1) is 22.0. The van der Waals surface area contributed by atoms with Crippen LogP contribution < -0.4 is 10.2 Å². The Morgan fingerprint density at radius 3 is 2.56 bits per heavy atom. The summed E-state index contributed by atoms with van der Waals surface area (Å²) < 4.78 is 5.45. The zero-order valence-corrected chi connectivity index (χ0v) is 18.8. The summed E-state index contributed by atoms with van der Waals surface area (Å²) in [6, 6.07) is 18.3. The number of benzene rings is 2. The fourth-order valence-corrected chi connectivity index (χ4v) is 3.99. The average molecular weight is 434 g/mol. The zero-order chi connectivity index (χ0) is 22.3. The molecule has 1 saturated heterocycles. The number of piperidine rings is 1. The van der Waals surface area contributed by atoms with Crippen LogP contribution >= 0.6 is 0 Å². The second-order valence-corrected chi connectivity index (χ2v) is 8.48. The van der Waals surface area contributed by atoms with Crippen LogP contribution in [0.5, 0.6) is 0 Å². The number of carbonyl (C=O) groups excluding carboxylic acids is 1. The van der Waals surface area contributed by atoms with Crippen LogP contribution in [-0.2, 0) is 11.3 Å². The van der Waals surface area contributed by atoms with Crippen molar-refractivity contribution >= 4 is 11.6 Å². The second-order valence-electron chi connectivity index (χ2n) is 8.48. The summed E-state index contributed by atoms with van der Waals surface area (Å²) in [6.45, 7) is 5.81. The molecule has 0 spiro atoms. The van der Waals surface area contributed by atoms with E-state index >= 15 is 0 Å². The van der Waals surface area contributed by atoms with Crippen molar-refractivity contribution < 1.29 is 9.32 Å². The highest BCUT2D eigenvalue weighted by molar-refractivity contribution is 5.78. The molecule has 0 bridgehead atoms. The third-order valence-corrected chi connectivity index (χ3v) is 6.04. The number of likely N-dealkylation sites (N-methyl/N-ethyl adjacent to an activating group) is 1. The molecule has 2 aromatic carbocycles. The van der Waals surface area contributed by atoms with E-state index in [2.05, 4.69) is 44.3 Å². The van der Waals surface area contributed by atoms with Crippen LogP contribution in [0.15, 0.2) is 59.1 Å². The highest BCUT2D eigenvalue weighted by Gasteiger charge is 2.25. The molecule has 0 unspecified atom stereocenters. The molecule has 3 aromatic rings. The first-order chi connectivity index (χ1) is 15.6. The SMILES string of the molecule is Cc1ccc(-c2noc(CN3CCC(C(=O)NCCN(C)c4ccccc4)CC3)n2)cc1. The van der Waals surface area contributed by atoms with Crippen molar-refractivity contribution in [3.8, 4) is 11.4 Å². The Morgan fingerprint density at radius 1 is 1.12 bits per heavy atom. The molecule has 2 heterocycles. The Balaban J connectivity index is 1.19. The van der Waals surface area contributed by atoms with E-state index in [1.165, 1.54) is 5.56 Å². The summed E-state index contributed by atoms with van der Waals surface area (Å²) in [5, 5.41) is 7.22. The molecular formula is C25H31N5O2. The van der Waals surface area contributed by atoms with E-state index in [0.29, 0.717) is 24.8 Å². The van der Waals surface area contributed by atoms with Gasteiger partial charge in [-0.05, 0) is 45.0 Å². The number of hydrogen-bond donors (Lipinski definition) is 1. The lowest BCUT2D eigenvalue weighted by Gasteiger charge is -2.30. The van der Waals surface area contributed by atoms with Gasteiger partial charge in [0.25, 0.3) is 0 Å². The molecule has 1 aliphatic rings. The van der Waals surface area contributed by atoms with Gasteiger partial charge in [0.1, 0.15) is 0 Å². The van der Waals surface area contributed by atoms with Gasteiger partial charge in [-0.25, -0.2) is 0 Å². The van der Waals surface area contributed by atoms with Gasteiger partial charge in [0, 0.05) is 37.3 Å². The Labute approximate surface area is 189 Å². The maximum Gasteiger partial charge on any atom is 0.241 e. The average Bonchev–Trinajstić information content (AvgIpc) is 3.29. The van der Waals surface area contributed by atoms with Crippen molar-refractivity contribution in [1.29, 1.82) is 0 Å². The van der Waals surface area contributed by atoms with Crippen LogP contribution in [0.3, 0.4) is 0 Å². The topological polar surface area (TPSA) is 74.5 Å². The molecule has 1 aliphatic heterocycles. The van der Waals surface area contributed by atoms with Crippen LogP contribution in [0.4, 0.5) is 5.69 Å². The predicted octanol–water partition coefficient (Wildman–Crippen LogP) is 3.51. The molecule has 0 atom stereocenters. The van der Waals surface area contributed by atoms with Crippen molar-refractivity contribution in [3.05, 3.63) is 66.1 Å². The van der Waals surface area contributed by atoms with Crippen molar-refractivity contribution in [3.63, 3.8) is 0 Å². The summed E-state index contributed by atoms with van der Waals surface area (Å²) in [7, 11) is 2.04. The van der Waals surface area contributed by atoms with E-state index in [9.17, 15) is 4.79 Å². The predicted molar refractivity (Wildman–Crippen MR) is 125 cm³/mol. The number of anilines is 1. The van der Waals surface area contributed by atoms with Gasteiger partial charge < -0.3 is 14.7 Å². The smallest absolute Gasteiger partial charge is 0.241 e. The van der Waals surface area contributed by atoms with E-state index < -0.39 is 0 Å². The van der Waals surface area contributed by atoms with E-state index in [-0.39, 0.29) is 11.8 Å². The Bertz CT molecular complexity index is 995. The molecular weight excluding hydrogens is 402 g/mol. The van der Waals surface area contributed by atoms with Crippen LogP contribution in [0.25, 0.3) is 11.4 Å². The lowest BCUT2D eigenvalue weighted by Crippen LogP contribution is -2.42. The third-order valence-electron chi connectivity index (χ3n) is 6.04. The Kier molecular flexibility index (Phi) is 7.17. The molecule has 4 rings (SSSR count). The summed E-state index contributed by atoms with van der Waals surface area (Å²) in [5.74, 6) is 1.46. The lowest BCUT2D eigenvalue weighted by atomic mass is 9.96. The van der Waals surface area contributed by atoms with Crippen molar-refractivity contribution in [2.45, 2.75) is 26.3 Å². The van der Waals surface area contributed by atoms with Gasteiger partial charge in [-0.2, -0.15) is 4.98 Å². The number of aryl methyl sites for hydroxylation is 1. The number of para-hydroxylation sites is 1. The van der Waals surface area contributed by atoms with Crippen molar-refractivity contribution in [2.24, 2.45) is 5.92 Å². The fraction of sp³-hybridized carbons (Fsp3) is 0.400. The van der Waals surface area contributed by atoms with Crippen molar-refractivity contribution in [2.75, 3.05) is 38.1 Å². The molecule has 1 aromatic heterocycles. The van der Waals surface area contributed by atoms with E-state index in [4.69, 9.17) is 4.52 Å². The van der Waals surface area contributed by atoms with Gasteiger partial charge in [0.05, 0.1) is 6.54 Å². The van der Waals surface area contributed by atoms with Gasteiger partial charge in [0.2, 0.25) is 17.6 Å². The normalized spacial score (nSPS) is 14.9. The largest absolute Gasteiger partial charge is 0.373 e. The summed E-state index contributed by atoms with van der Waals surface area (Å²) in [4.78, 5) is 21.5. The highest BCUT2D eigenvalue weighted by atomic mass is 16.5. The molecule has 7 heteroatoms. The molecule has 32 heavy (non-hydrogen) atoms. The molecule has 1 N–H and O–H groups in total. The fourth-order valence-electron chi connectivity index (χ4n) is 3.99. The second kappa shape index (κ2) is 10.4. The van der Waals surface area contributed by atoms with Crippen molar-refractivity contribution in [1.82, 2.24) is 20.4 Å². The molecule has 168 valence electrons. The minimum absolute atomic E-state index is 0.0686. The Hall–Kier alpha value is -3.19. The number of rotatable bonds is 8. The number of hydrogen-bond acceptors (Lipinski definition) is 6. The molecule has 0 radical (unpaired) electrons. The van der Waals surface area contributed by atoms with Gasteiger partial charge in [0.15, 0.2) is 0 Å². The number of aromatic nitrogens is 2. The van der Waals surface area contributed by atoms with Crippen LogP contribution in [0, 0.1) is 12.8 Å². The van der Waals surface area contributed by atoms with Gasteiger partial charge in [-0.3, -0.25) is 9.69 Å². The molecule has 1 fully saturated rings. The molecule has 0 saturated carbocycles. The van der Waals surface area contributed by atoms with Gasteiger partial charge >= 0.3 is 0 Å². The standard InChI is InChI=1S/C25H31N5O2/c1-19-8-10-20(11-9-19)24-27-23(32-28-24)18-30-15-12-21(13-16-30)25(31)26-14-17-29(2)22-6-4-3-5-7-22/h3-11,21H,12-18H2,1-2H3,(H,26,31). The van der Waals surface area contributed by atoms with Crippen LogP contribution in [-0.4, -0.2) is 54.2 Å². The highest BCUT2D eigenvalue weighted by Crippen LogP contribution is 2.21. The van der Waals surface area contributed by atoms with E-state index in [1.54, 1.807) is 0 Å². The number of amides is 1. The third kappa shape index (κ3) is 5.73. The van der Waals surface area contributed by atoms with Gasteiger partial charge in [-0.15, -0.1) is 0 Å². The van der Waals surface area contributed by atoms with Gasteiger partial charge in [-0.1, -0.05) is 53.2 Å². The maximum atomic E-state index is 12.6. The van der Waals surface area contributed by atoms with Crippen LogP contribution in [0.2, 0.25) is 0 Å². The minimum Gasteiger partial charge on any atom is -0.373 e. The monoisotopic (exact) mass is 433 g/mol. The minimum atomic E-state index is 0.0686. The Morgan fingerprint density at radius 2 is 1.84 bits per heavy atom. The first-order valence-corrected chi connectivity index (χ1v) is 11.2. The van der Waals surface area contributed by atoms with E-state index in [0.717, 1.165) is 43.7 Å². The molecule has 7 nitrogen and oxygen atoms in total. The first-order valence-electron chi connectivity index (χ1n) is 11.2. The molecule has 1 amide bonds. The quantitative estimate of drug-likeness (QED) is 0.586. The number of carbonyl (C=O) groups is 1. The summed E-state index contributed by atoms with van der Waals surface area (Å²) in [5.41, 5.74) is 3.31. The van der Waals surface area contributed by atoms with Crippen LogP contribution in [0.1, 0.15) is 24.3 Å². The summed E-state index contributed by atoms with van der Waals surface area (Å²) in [6.07, 6.45) is 1.69. The lowest BCUT2D eigenvalue weighted by molar-refractivity contribution is -0.126. The molecule has 0 aliphatic carbocycles. The number of nitrogens with zero attached hydrogens (tertiary/aromatic N) is 4. The number of nitrogens with one attached hydrogen (secondary N) is 1. The number of likely N-dealkylation sites (tertiary alicyclic amines) is 1.